The van der Waals surface area contributed by atoms with Gasteiger partial charge in [0.1, 0.15) is 5.82 Å². The summed E-state index contributed by atoms with van der Waals surface area (Å²) >= 11 is 0. The van der Waals surface area contributed by atoms with Gasteiger partial charge in [-0.3, -0.25) is 4.79 Å². The smallest absolute Gasteiger partial charge is 0.251 e. The number of anilines is 1. The van der Waals surface area contributed by atoms with Gasteiger partial charge in [-0.05, 0) is 30.4 Å². The first-order valence-corrected chi connectivity index (χ1v) is 6.71. The molecule has 0 radical (unpaired) electrons. The highest BCUT2D eigenvalue weighted by Crippen LogP contribution is 2.24. The number of hydrogen-bond acceptors (Lipinski definition) is 3. The Morgan fingerprint density at radius 1 is 1.37 bits per heavy atom. The van der Waals surface area contributed by atoms with Crippen LogP contribution in [0, 0.1) is 18.3 Å². The van der Waals surface area contributed by atoms with E-state index in [4.69, 9.17) is 0 Å². The molecule has 2 N–H and O–H groups in total. The maximum Gasteiger partial charge on any atom is 0.251 e. The van der Waals surface area contributed by atoms with E-state index < -0.39 is 0 Å². The maximum absolute atomic E-state index is 12.2. The number of nitrogens with one attached hydrogen (secondary N) is 2. The van der Waals surface area contributed by atoms with Crippen LogP contribution in [-0.4, -0.2) is 24.5 Å². The van der Waals surface area contributed by atoms with E-state index in [1.807, 2.05) is 6.92 Å². The molecule has 1 amide bonds. The molecule has 0 saturated carbocycles. The van der Waals surface area contributed by atoms with E-state index in [2.05, 4.69) is 43.3 Å². The van der Waals surface area contributed by atoms with Crippen LogP contribution in [0.5, 0.6) is 0 Å². The lowest BCUT2D eigenvalue weighted by Crippen LogP contribution is -2.37. The molecule has 1 rings (SSSR count). The van der Waals surface area contributed by atoms with Gasteiger partial charge in [0.2, 0.25) is 0 Å². The van der Waals surface area contributed by atoms with Crippen molar-refractivity contribution >= 4 is 11.7 Å². The second-order valence-corrected chi connectivity index (χ2v) is 5.96. The summed E-state index contributed by atoms with van der Waals surface area (Å²) in [5.41, 5.74) is 1.57. The van der Waals surface area contributed by atoms with Gasteiger partial charge in [0.05, 0.1) is 0 Å². The summed E-state index contributed by atoms with van der Waals surface area (Å²) in [7, 11) is 1.80. The second-order valence-electron chi connectivity index (χ2n) is 5.96. The SMILES string of the molecule is CNc1cc(C(=O)NCC(C)(C)C(C)C)cc(C)n1. The summed E-state index contributed by atoms with van der Waals surface area (Å²) in [5.74, 6) is 1.18. The van der Waals surface area contributed by atoms with E-state index in [9.17, 15) is 4.79 Å². The Bertz CT molecular complexity index is 453. The molecule has 4 heteroatoms. The summed E-state index contributed by atoms with van der Waals surface area (Å²) in [5, 5.41) is 5.97. The Labute approximate surface area is 116 Å². The van der Waals surface area contributed by atoms with Crippen molar-refractivity contribution in [2.75, 3.05) is 18.9 Å². The minimum Gasteiger partial charge on any atom is -0.373 e. The van der Waals surface area contributed by atoms with Gasteiger partial charge >= 0.3 is 0 Å². The van der Waals surface area contributed by atoms with Gasteiger partial charge in [-0.1, -0.05) is 27.7 Å². The largest absolute Gasteiger partial charge is 0.373 e. The Hall–Kier alpha value is -1.58. The lowest BCUT2D eigenvalue weighted by atomic mass is 9.81. The molecule has 4 nitrogen and oxygen atoms in total. The van der Waals surface area contributed by atoms with E-state index in [-0.39, 0.29) is 11.3 Å². The third kappa shape index (κ3) is 4.23. The van der Waals surface area contributed by atoms with Crippen LogP contribution in [0.2, 0.25) is 0 Å². The summed E-state index contributed by atoms with van der Waals surface area (Å²) in [4.78, 5) is 16.4. The highest BCUT2D eigenvalue weighted by atomic mass is 16.1. The summed E-state index contributed by atoms with van der Waals surface area (Å²) in [6, 6.07) is 3.57. The molecular weight excluding hydrogens is 238 g/mol. The number of carbonyl (C=O) groups excluding carboxylic acids is 1. The second kappa shape index (κ2) is 6.04. The predicted molar refractivity (Wildman–Crippen MR) is 79.5 cm³/mol. The third-order valence-electron chi connectivity index (χ3n) is 3.74. The molecule has 0 atom stereocenters. The fourth-order valence-corrected chi connectivity index (χ4v) is 1.54. The third-order valence-corrected chi connectivity index (χ3v) is 3.74. The fourth-order valence-electron chi connectivity index (χ4n) is 1.54. The zero-order valence-electron chi connectivity index (χ0n) is 12.8. The van der Waals surface area contributed by atoms with E-state index in [0.29, 0.717) is 23.8 Å². The van der Waals surface area contributed by atoms with Gasteiger partial charge in [-0.2, -0.15) is 0 Å². The Morgan fingerprint density at radius 3 is 2.53 bits per heavy atom. The van der Waals surface area contributed by atoms with Gasteiger partial charge in [0.25, 0.3) is 5.91 Å². The minimum absolute atomic E-state index is 0.0456. The zero-order chi connectivity index (χ0) is 14.6. The first kappa shape index (κ1) is 15.5. The predicted octanol–water partition coefficient (Wildman–Crippen LogP) is 2.84. The quantitative estimate of drug-likeness (QED) is 0.859. The maximum atomic E-state index is 12.2. The van der Waals surface area contributed by atoms with Gasteiger partial charge in [0, 0.05) is 24.8 Å². The van der Waals surface area contributed by atoms with Gasteiger partial charge in [-0.15, -0.1) is 0 Å². The molecule has 0 bridgehead atoms. The molecule has 0 aliphatic heterocycles. The van der Waals surface area contributed by atoms with E-state index in [1.54, 1.807) is 19.2 Å². The molecule has 0 saturated heterocycles. The minimum atomic E-state index is -0.0456. The number of nitrogens with zero attached hydrogens (tertiary/aromatic N) is 1. The normalized spacial score (nSPS) is 11.5. The van der Waals surface area contributed by atoms with Crippen molar-refractivity contribution in [1.82, 2.24) is 10.3 Å². The number of aryl methyl sites for hydroxylation is 1. The molecule has 0 spiro atoms. The van der Waals surface area contributed by atoms with E-state index in [0.717, 1.165) is 5.69 Å². The molecule has 1 aromatic heterocycles. The average molecular weight is 263 g/mol. The highest BCUT2D eigenvalue weighted by molar-refractivity contribution is 5.95. The van der Waals surface area contributed by atoms with Crippen LogP contribution in [0.4, 0.5) is 5.82 Å². The molecule has 1 aromatic rings. The van der Waals surface area contributed by atoms with Crippen LogP contribution >= 0.6 is 0 Å². The van der Waals surface area contributed by atoms with Gasteiger partial charge < -0.3 is 10.6 Å². The average Bonchev–Trinajstić information content (AvgIpc) is 2.34. The van der Waals surface area contributed by atoms with Gasteiger partial charge in [-0.25, -0.2) is 4.98 Å². The molecular formula is C15H25N3O. The number of aromatic nitrogens is 1. The van der Waals surface area contributed by atoms with Crippen LogP contribution in [0.15, 0.2) is 12.1 Å². The Balaban J connectivity index is 2.76. The topological polar surface area (TPSA) is 54.0 Å². The molecule has 1 heterocycles. The van der Waals surface area contributed by atoms with Crippen molar-refractivity contribution in [3.63, 3.8) is 0 Å². The summed E-state index contributed by atoms with van der Waals surface area (Å²) < 4.78 is 0. The van der Waals surface area contributed by atoms with Crippen molar-refractivity contribution in [2.45, 2.75) is 34.6 Å². The standard InChI is InChI=1S/C15H25N3O/c1-10(2)15(4,5)9-17-14(19)12-7-11(3)18-13(8-12)16-6/h7-8,10H,9H2,1-6H3,(H,16,18)(H,17,19). The van der Waals surface area contributed by atoms with Crippen molar-refractivity contribution < 1.29 is 4.79 Å². The number of amides is 1. The Kier molecular flexibility index (Phi) is 4.92. The number of carbonyl (C=O) groups is 1. The molecule has 0 aliphatic carbocycles. The first-order valence-electron chi connectivity index (χ1n) is 6.71. The lowest BCUT2D eigenvalue weighted by molar-refractivity contribution is 0.0924. The van der Waals surface area contributed by atoms with Crippen LogP contribution in [0.25, 0.3) is 0 Å². The molecule has 0 aliphatic rings. The van der Waals surface area contributed by atoms with Crippen molar-refractivity contribution in [3.05, 3.63) is 23.4 Å². The fraction of sp³-hybridized carbons (Fsp3) is 0.600. The number of hydrogen-bond donors (Lipinski definition) is 2. The van der Waals surface area contributed by atoms with Crippen LogP contribution < -0.4 is 10.6 Å². The first-order chi connectivity index (χ1) is 8.76. The molecule has 0 unspecified atom stereocenters. The molecule has 19 heavy (non-hydrogen) atoms. The van der Waals surface area contributed by atoms with Gasteiger partial charge in [0.15, 0.2) is 0 Å². The monoisotopic (exact) mass is 263 g/mol. The zero-order valence-corrected chi connectivity index (χ0v) is 12.8. The van der Waals surface area contributed by atoms with Crippen LogP contribution in [0.3, 0.4) is 0 Å². The van der Waals surface area contributed by atoms with Crippen LogP contribution in [0.1, 0.15) is 43.7 Å². The Morgan fingerprint density at radius 2 is 2.00 bits per heavy atom. The van der Waals surface area contributed by atoms with E-state index in [1.165, 1.54) is 0 Å². The van der Waals surface area contributed by atoms with Crippen molar-refractivity contribution in [2.24, 2.45) is 11.3 Å². The highest BCUT2D eigenvalue weighted by Gasteiger charge is 2.23. The lowest BCUT2D eigenvalue weighted by Gasteiger charge is -2.29. The molecule has 0 fully saturated rings. The van der Waals surface area contributed by atoms with E-state index >= 15 is 0 Å². The number of rotatable bonds is 5. The van der Waals surface area contributed by atoms with Crippen molar-refractivity contribution in [1.29, 1.82) is 0 Å². The van der Waals surface area contributed by atoms with Crippen molar-refractivity contribution in [3.8, 4) is 0 Å². The molecule has 0 aromatic carbocycles. The van der Waals surface area contributed by atoms with Crippen LogP contribution in [-0.2, 0) is 0 Å². The summed E-state index contributed by atoms with van der Waals surface area (Å²) in [6.07, 6.45) is 0. The summed E-state index contributed by atoms with van der Waals surface area (Å²) in [6.45, 7) is 11.2. The molecule has 106 valence electrons. The number of pyridine rings is 1.